The summed E-state index contributed by atoms with van der Waals surface area (Å²) in [5.41, 5.74) is 0. The molecule has 0 aliphatic rings. The molecule has 1 unspecified atom stereocenters. The molecule has 0 aliphatic heterocycles. The fourth-order valence-corrected chi connectivity index (χ4v) is 1.53. The van der Waals surface area contributed by atoms with E-state index in [1.165, 1.54) is 0 Å². The van der Waals surface area contributed by atoms with Crippen molar-refractivity contribution in [3.63, 3.8) is 0 Å². The van der Waals surface area contributed by atoms with E-state index in [2.05, 4.69) is 35.6 Å². The highest BCUT2D eigenvalue weighted by molar-refractivity contribution is 5.26. The second-order valence-electron chi connectivity index (χ2n) is 4.26. The first-order valence-electron chi connectivity index (χ1n) is 5.40. The molecule has 1 heterocycles. The molecule has 0 bridgehead atoms. The van der Waals surface area contributed by atoms with Gasteiger partial charge in [0.2, 0.25) is 5.95 Å². The third-order valence-corrected chi connectivity index (χ3v) is 2.09. The van der Waals surface area contributed by atoms with Gasteiger partial charge in [-0.25, -0.2) is 4.98 Å². The number of ether oxygens (including phenoxy) is 1. The lowest BCUT2D eigenvalue weighted by atomic mass is 10.2. The van der Waals surface area contributed by atoms with Crippen molar-refractivity contribution in [2.75, 3.05) is 19.0 Å². The molecule has 0 aliphatic carbocycles. The van der Waals surface area contributed by atoms with Gasteiger partial charge in [0.05, 0.1) is 6.61 Å². The Hall–Kier alpha value is -1.03. The first-order chi connectivity index (χ1) is 7.13. The lowest BCUT2D eigenvalue weighted by molar-refractivity contribution is 0.151. The van der Waals surface area contributed by atoms with Crippen LogP contribution in [0.15, 0.2) is 12.4 Å². The predicted octanol–water partition coefficient (Wildman–Crippen LogP) is 1.99. The van der Waals surface area contributed by atoms with Crippen LogP contribution in [0.4, 0.5) is 5.95 Å². The maximum atomic E-state index is 5.12. The van der Waals surface area contributed by atoms with Gasteiger partial charge in [0.15, 0.2) is 0 Å². The summed E-state index contributed by atoms with van der Waals surface area (Å²) in [6, 6.07) is 0.406. The maximum Gasteiger partial charge on any atom is 0.202 e. The molecule has 1 N–H and O–H groups in total. The molecule has 1 rings (SSSR count). The summed E-state index contributed by atoms with van der Waals surface area (Å²) in [5.74, 6) is 1.44. The van der Waals surface area contributed by atoms with Crippen molar-refractivity contribution in [2.24, 2.45) is 5.92 Å². The SMILES string of the molecule is COCC(C)Cn1ccnc1NC(C)C. The smallest absolute Gasteiger partial charge is 0.202 e. The second-order valence-corrected chi connectivity index (χ2v) is 4.26. The largest absolute Gasteiger partial charge is 0.384 e. The van der Waals surface area contributed by atoms with E-state index in [9.17, 15) is 0 Å². The average Bonchev–Trinajstić information content (AvgIpc) is 2.52. The first kappa shape index (κ1) is 12.0. The van der Waals surface area contributed by atoms with Crippen LogP contribution in [0.25, 0.3) is 0 Å². The van der Waals surface area contributed by atoms with Crippen molar-refractivity contribution < 1.29 is 4.74 Å². The van der Waals surface area contributed by atoms with Crippen molar-refractivity contribution in [2.45, 2.75) is 33.4 Å². The van der Waals surface area contributed by atoms with Crippen LogP contribution < -0.4 is 5.32 Å². The summed E-state index contributed by atoms with van der Waals surface area (Å²) < 4.78 is 7.25. The Morgan fingerprint density at radius 3 is 2.80 bits per heavy atom. The van der Waals surface area contributed by atoms with E-state index in [0.717, 1.165) is 19.1 Å². The molecule has 0 saturated heterocycles. The van der Waals surface area contributed by atoms with Crippen molar-refractivity contribution in [3.8, 4) is 0 Å². The standard InChI is InChI=1S/C11H21N3O/c1-9(2)13-11-12-5-6-14(11)7-10(3)8-15-4/h5-6,9-10H,7-8H2,1-4H3,(H,12,13). The van der Waals surface area contributed by atoms with Gasteiger partial charge in [-0.05, 0) is 19.8 Å². The number of nitrogens with one attached hydrogen (secondary N) is 1. The van der Waals surface area contributed by atoms with Gasteiger partial charge in [0, 0.05) is 32.1 Å². The summed E-state index contributed by atoms with van der Waals surface area (Å²) in [4.78, 5) is 4.28. The monoisotopic (exact) mass is 211 g/mol. The minimum absolute atomic E-state index is 0.406. The van der Waals surface area contributed by atoms with Gasteiger partial charge in [-0.1, -0.05) is 6.92 Å². The third-order valence-electron chi connectivity index (χ3n) is 2.09. The zero-order valence-electron chi connectivity index (χ0n) is 10.0. The van der Waals surface area contributed by atoms with E-state index in [-0.39, 0.29) is 0 Å². The number of methoxy groups -OCH3 is 1. The van der Waals surface area contributed by atoms with Crippen LogP contribution >= 0.6 is 0 Å². The molecule has 4 nitrogen and oxygen atoms in total. The molecule has 0 aromatic carbocycles. The minimum atomic E-state index is 0.406. The lowest BCUT2D eigenvalue weighted by Gasteiger charge is -2.15. The summed E-state index contributed by atoms with van der Waals surface area (Å²) in [5, 5.41) is 3.31. The number of rotatable bonds is 6. The molecule has 15 heavy (non-hydrogen) atoms. The molecule has 0 fully saturated rings. The summed E-state index contributed by atoms with van der Waals surface area (Å²) in [6.45, 7) is 8.10. The molecule has 1 aromatic heterocycles. The molecular formula is C11H21N3O. The maximum absolute atomic E-state index is 5.12. The molecule has 0 saturated carbocycles. The Kier molecular flexibility index (Phi) is 4.62. The Morgan fingerprint density at radius 2 is 2.20 bits per heavy atom. The molecule has 0 spiro atoms. The van der Waals surface area contributed by atoms with Gasteiger partial charge in [-0.3, -0.25) is 0 Å². The van der Waals surface area contributed by atoms with Crippen LogP contribution in [0.5, 0.6) is 0 Å². The van der Waals surface area contributed by atoms with Gasteiger partial charge < -0.3 is 14.6 Å². The van der Waals surface area contributed by atoms with Crippen LogP contribution in [0.2, 0.25) is 0 Å². The predicted molar refractivity (Wildman–Crippen MR) is 62.0 cm³/mol. The van der Waals surface area contributed by atoms with Crippen molar-refractivity contribution in [3.05, 3.63) is 12.4 Å². The molecule has 4 heteroatoms. The average molecular weight is 211 g/mol. The Labute approximate surface area is 91.7 Å². The van der Waals surface area contributed by atoms with E-state index in [1.54, 1.807) is 7.11 Å². The van der Waals surface area contributed by atoms with Gasteiger partial charge in [0.25, 0.3) is 0 Å². The van der Waals surface area contributed by atoms with Crippen LogP contribution in [0.1, 0.15) is 20.8 Å². The fraction of sp³-hybridized carbons (Fsp3) is 0.727. The van der Waals surface area contributed by atoms with Crippen molar-refractivity contribution in [1.82, 2.24) is 9.55 Å². The molecule has 1 aromatic rings. The Bertz CT molecular complexity index is 283. The second kappa shape index (κ2) is 5.75. The number of hydrogen-bond donors (Lipinski definition) is 1. The molecule has 0 amide bonds. The summed E-state index contributed by atoms with van der Waals surface area (Å²) in [7, 11) is 1.73. The van der Waals surface area contributed by atoms with E-state index < -0.39 is 0 Å². The fourth-order valence-electron chi connectivity index (χ4n) is 1.53. The lowest BCUT2D eigenvalue weighted by Crippen LogP contribution is -2.18. The zero-order valence-corrected chi connectivity index (χ0v) is 10.0. The van der Waals surface area contributed by atoms with Gasteiger partial charge >= 0.3 is 0 Å². The number of aromatic nitrogens is 2. The van der Waals surface area contributed by atoms with Gasteiger partial charge in [0.1, 0.15) is 0 Å². The quantitative estimate of drug-likeness (QED) is 0.782. The van der Waals surface area contributed by atoms with Crippen molar-refractivity contribution >= 4 is 5.95 Å². The minimum Gasteiger partial charge on any atom is -0.384 e. The molecular weight excluding hydrogens is 190 g/mol. The zero-order chi connectivity index (χ0) is 11.3. The highest BCUT2D eigenvalue weighted by atomic mass is 16.5. The number of imidazole rings is 1. The van der Waals surface area contributed by atoms with Crippen molar-refractivity contribution in [1.29, 1.82) is 0 Å². The molecule has 86 valence electrons. The molecule has 0 radical (unpaired) electrons. The van der Waals surface area contributed by atoms with E-state index in [0.29, 0.717) is 12.0 Å². The molecule has 1 atom stereocenters. The Balaban J connectivity index is 2.56. The normalized spacial score (nSPS) is 13.1. The first-order valence-corrected chi connectivity index (χ1v) is 5.40. The highest BCUT2D eigenvalue weighted by Gasteiger charge is 2.07. The van der Waals surface area contributed by atoms with Gasteiger partial charge in [-0.2, -0.15) is 0 Å². The third kappa shape index (κ3) is 3.91. The van der Waals surface area contributed by atoms with Crippen LogP contribution in [0, 0.1) is 5.92 Å². The van der Waals surface area contributed by atoms with Crippen LogP contribution in [0.3, 0.4) is 0 Å². The Morgan fingerprint density at radius 1 is 1.47 bits per heavy atom. The summed E-state index contributed by atoms with van der Waals surface area (Å²) >= 11 is 0. The highest BCUT2D eigenvalue weighted by Crippen LogP contribution is 2.09. The number of hydrogen-bond acceptors (Lipinski definition) is 3. The van der Waals surface area contributed by atoms with E-state index in [4.69, 9.17) is 4.74 Å². The van der Waals surface area contributed by atoms with Crippen LogP contribution in [-0.4, -0.2) is 29.3 Å². The summed E-state index contributed by atoms with van der Waals surface area (Å²) in [6.07, 6.45) is 3.82. The van der Waals surface area contributed by atoms with Gasteiger partial charge in [-0.15, -0.1) is 0 Å². The number of nitrogens with zero attached hydrogens (tertiary/aromatic N) is 2. The topological polar surface area (TPSA) is 39.1 Å². The number of anilines is 1. The van der Waals surface area contributed by atoms with Crippen LogP contribution in [-0.2, 0) is 11.3 Å². The van der Waals surface area contributed by atoms with E-state index in [1.807, 2.05) is 12.4 Å². The van der Waals surface area contributed by atoms with E-state index >= 15 is 0 Å².